The molecule has 2 aliphatic heterocycles. The van der Waals surface area contributed by atoms with Crippen molar-refractivity contribution in [3.63, 3.8) is 0 Å². The van der Waals surface area contributed by atoms with Crippen molar-refractivity contribution in [1.82, 2.24) is 15.2 Å². The first-order valence-corrected chi connectivity index (χ1v) is 13.1. The van der Waals surface area contributed by atoms with Gasteiger partial charge in [0.05, 0.1) is 18.0 Å². The Kier molecular flexibility index (Phi) is 9.74. The second-order valence-electron chi connectivity index (χ2n) is 10.8. The van der Waals surface area contributed by atoms with Crippen LogP contribution in [0.25, 0.3) is 0 Å². The van der Waals surface area contributed by atoms with Gasteiger partial charge in [-0.1, -0.05) is 32.8 Å². The van der Waals surface area contributed by atoms with Crippen LogP contribution in [-0.4, -0.2) is 52.4 Å². The predicted molar refractivity (Wildman–Crippen MR) is 135 cm³/mol. The van der Waals surface area contributed by atoms with E-state index < -0.39 is 17.9 Å². The van der Waals surface area contributed by atoms with E-state index in [1.165, 1.54) is 4.90 Å². The molecule has 0 radical (unpaired) electrons. The van der Waals surface area contributed by atoms with Crippen LogP contribution in [0.15, 0.2) is 24.4 Å². The molecule has 0 spiro atoms. The molecule has 3 heterocycles. The number of Topliss-reactive ketones (excluding diaryl/α,β-unsaturated/α-hetero) is 2. The van der Waals surface area contributed by atoms with Gasteiger partial charge in [0.15, 0.2) is 11.6 Å². The van der Waals surface area contributed by atoms with Crippen molar-refractivity contribution in [3.8, 4) is 6.07 Å². The Labute approximate surface area is 213 Å². The average Bonchev–Trinajstić information content (AvgIpc) is 3.21. The van der Waals surface area contributed by atoms with Crippen molar-refractivity contribution in [2.75, 3.05) is 7.05 Å². The van der Waals surface area contributed by atoms with E-state index in [1.807, 2.05) is 13.8 Å². The van der Waals surface area contributed by atoms with Crippen LogP contribution in [0.3, 0.4) is 0 Å². The molecular weight excluding hydrogens is 456 g/mol. The van der Waals surface area contributed by atoms with E-state index in [0.717, 1.165) is 19.3 Å². The third-order valence-corrected chi connectivity index (χ3v) is 7.45. The highest BCUT2D eigenvalue weighted by atomic mass is 16.2. The number of likely N-dealkylation sites (N-methyl/N-ethyl adjacent to an activating group) is 1. The largest absolute Gasteiger partial charge is 0.353 e. The van der Waals surface area contributed by atoms with Gasteiger partial charge in [-0.15, -0.1) is 0 Å². The Morgan fingerprint density at radius 1 is 1.19 bits per heavy atom. The molecule has 2 bridgehead atoms. The SMILES string of the molecule is CC(C)C[C@H]1C(=O)C[C@H](C#N)C[C@@H]2C[C@@H](CCCC[C@H](CC(=O)c3ccccn3)C(=O)N1C)NC2=O. The Morgan fingerprint density at radius 2 is 1.94 bits per heavy atom. The van der Waals surface area contributed by atoms with Gasteiger partial charge in [0.25, 0.3) is 0 Å². The smallest absolute Gasteiger partial charge is 0.226 e. The molecular formula is C28H38N4O4. The van der Waals surface area contributed by atoms with Gasteiger partial charge in [0, 0.05) is 44.0 Å². The maximum absolute atomic E-state index is 13.7. The number of amides is 2. The lowest BCUT2D eigenvalue weighted by Gasteiger charge is -2.32. The van der Waals surface area contributed by atoms with Crippen LogP contribution in [0.4, 0.5) is 0 Å². The lowest BCUT2D eigenvalue weighted by molar-refractivity contribution is -0.142. The van der Waals surface area contributed by atoms with E-state index in [0.29, 0.717) is 31.4 Å². The van der Waals surface area contributed by atoms with Crippen LogP contribution in [0.1, 0.15) is 82.1 Å². The molecule has 1 aromatic heterocycles. The number of ketones is 2. The fourth-order valence-electron chi connectivity index (χ4n) is 5.47. The topological polar surface area (TPSA) is 120 Å². The molecule has 8 nitrogen and oxygen atoms in total. The Balaban J connectivity index is 1.87. The lowest BCUT2D eigenvalue weighted by atomic mass is 9.86. The molecule has 0 aromatic carbocycles. The highest BCUT2D eigenvalue weighted by Crippen LogP contribution is 2.30. The number of rotatable bonds is 5. The fourth-order valence-corrected chi connectivity index (χ4v) is 5.47. The highest BCUT2D eigenvalue weighted by molar-refractivity contribution is 5.98. The molecule has 2 amide bonds. The summed E-state index contributed by atoms with van der Waals surface area (Å²) >= 11 is 0. The van der Waals surface area contributed by atoms with Gasteiger partial charge in [-0.3, -0.25) is 24.2 Å². The van der Waals surface area contributed by atoms with Crippen LogP contribution in [0.5, 0.6) is 0 Å². The zero-order valence-electron chi connectivity index (χ0n) is 21.6. The highest BCUT2D eigenvalue weighted by Gasteiger charge is 2.37. The quantitative estimate of drug-likeness (QED) is 0.623. The van der Waals surface area contributed by atoms with Crippen molar-refractivity contribution in [2.24, 2.45) is 23.7 Å². The van der Waals surface area contributed by atoms with Crippen LogP contribution >= 0.6 is 0 Å². The summed E-state index contributed by atoms with van der Waals surface area (Å²) in [4.78, 5) is 58.2. The van der Waals surface area contributed by atoms with Crippen LogP contribution in [0.2, 0.25) is 0 Å². The number of nitriles is 1. The second-order valence-corrected chi connectivity index (χ2v) is 10.8. The van der Waals surface area contributed by atoms with E-state index in [9.17, 15) is 24.4 Å². The van der Waals surface area contributed by atoms with Crippen molar-refractivity contribution in [3.05, 3.63) is 30.1 Å². The minimum Gasteiger partial charge on any atom is -0.353 e. The van der Waals surface area contributed by atoms with Gasteiger partial charge in [-0.2, -0.15) is 5.26 Å². The van der Waals surface area contributed by atoms with Gasteiger partial charge >= 0.3 is 0 Å². The van der Waals surface area contributed by atoms with E-state index in [4.69, 9.17) is 0 Å². The Morgan fingerprint density at radius 3 is 2.61 bits per heavy atom. The molecule has 194 valence electrons. The maximum Gasteiger partial charge on any atom is 0.226 e. The third-order valence-electron chi connectivity index (χ3n) is 7.45. The number of aromatic nitrogens is 1. The van der Waals surface area contributed by atoms with E-state index >= 15 is 0 Å². The summed E-state index contributed by atoms with van der Waals surface area (Å²) in [5.74, 6) is -1.84. The summed E-state index contributed by atoms with van der Waals surface area (Å²) < 4.78 is 0. The van der Waals surface area contributed by atoms with Crippen molar-refractivity contribution in [1.29, 1.82) is 5.26 Å². The van der Waals surface area contributed by atoms with Crippen LogP contribution in [0, 0.1) is 35.0 Å². The number of carbonyl (C=O) groups is 4. The van der Waals surface area contributed by atoms with Crippen LogP contribution < -0.4 is 5.32 Å². The molecule has 2 fully saturated rings. The van der Waals surface area contributed by atoms with E-state index in [1.54, 1.807) is 31.4 Å². The Bertz CT molecular complexity index is 987. The summed E-state index contributed by atoms with van der Waals surface area (Å²) in [5.41, 5.74) is 0.329. The molecule has 2 saturated heterocycles. The summed E-state index contributed by atoms with van der Waals surface area (Å²) in [5, 5.41) is 12.8. The first-order chi connectivity index (χ1) is 17.2. The monoisotopic (exact) mass is 494 g/mol. The maximum atomic E-state index is 13.7. The molecule has 8 heteroatoms. The van der Waals surface area contributed by atoms with Gasteiger partial charge in [-0.25, -0.2) is 0 Å². The molecule has 0 aliphatic carbocycles. The molecule has 36 heavy (non-hydrogen) atoms. The summed E-state index contributed by atoms with van der Waals surface area (Å²) in [6.07, 6.45) is 5.98. The number of pyridine rings is 1. The van der Waals surface area contributed by atoms with Gasteiger partial charge < -0.3 is 10.2 Å². The number of fused-ring (bicyclic) bond motifs is 2. The normalized spacial score (nSPS) is 28.2. The molecule has 0 saturated carbocycles. The van der Waals surface area contributed by atoms with Crippen molar-refractivity contribution >= 4 is 23.4 Å². The zero-order chi connectivity index (χ0) is 26.2. The molecule has 0 unspecified atom stereocenters. The lowest BCUT2D eigenvalue weighted by Crippen LogP contribution is -2.46. The molecule has 1 aromatic rings. The van der Waals surface area contributed by atoms with Gasteiger partial charge in [-0.05, 0) is 50.2 Å². The number of nitrogens with zero attached hydrogens (tertiary/aromatic N) is 3. The second kappa shape index (κ2) is 12.8. The minimum absolute atomic E-state index is 0.0114. The average molecular weight is 495 g/mol. The standard InChI is InChI=1S/C28H38N4O4/c1-18(2)12-24-26(34)14-19(17-29)13-21-15-22(31-27(21)35)9-5-4-8-20(28(36)32(24)3)16-25(33)23-10-6-7-11-30-23/h6-7,10-11,18-22,24H,4-5,8-9,12-16H2,1-3H3,(H,31,35)/t19-,20-,21-,22-,24+/m1/s1. The number of nitrogens with one attached hydrogen (secondary N) is 1. The number of carbonyl (C=O) groups excluding carboxylic acids is 4. The molecule has 1 N–H and O–H groups in total. The predicted octanol–water partition coefficient (Wildman–Crippen LogP) is 3.71. The van der Waals surface area contributed by atoms with Crippen molar-refractivity contribution < 1.29 is 19.2 Å². The van der Waals surface area contributed by atoms with Gasteiger partial charge in [0.1, 0.15) is 5.69 Å². The molecule has 2 aliphatic rings. The van der Waals surface area contributed by atoms with E-state index in [2.05, 4.69) is 16.4 Å². The summed E-state index contributed by atoms with van der Waals surface area (Å²) in [6, 6.07) is 6.74. The first-order valence-electron chi connectivity index (χ1n) is 13.1. The summed E-state index contributed by atoms with van der Waals surface area (Å²) in [6.45, 7) is 3.99. The summed E-state index contributed by atoms with van der Waals surface area (Å²) in [7, 11) is 1.64. The minimum atomic E-state index is -0.670. The van der Waals surface area contributed by atoms with Gasteiger partial charge in [0.2, 0.25) is 11.8 Å². The first kappa shape index (κ1) is 27.5. The third kappa shape index (κ3) is 7.22. The Hall–Kier alpha value is -3.08. The fraction of sp³-hybridized carbons (Fsp3) is 0.643. The van der Waals surface area contributed by atoms with E-state index in [-0.39, 0.29) is 54.1 Å². The molecule has 5 atom stereocenters. The van der Waals surface area contributed by atoms with Crippen LogP contribution in [-0.2, 0) is 14.4 Å². The number of hydrogen-bond donors (Lipinski definition) is 1. The van der Waals surface area contributed by atoms with Crippen molar-refractivity contribution in [2.45, 2.75) is 83.7 Å². The zero-order valence-corrected chi connectivity index (χ0v) is 21.6. The number of hydrogen-bond acceptors (Lipinski definition) is 6. The molecule has 3 rings (SSSR count).